The van der Waals surface area contributed by atoms with Crippen LogP contribution in [0.2, 0.25) is 0 Å². The molecule has 0 bridgehead atoms. The molecule has 0 radical (unpaired) electrons. The van der Waals surface area contributed by atoms with Crippen molar-refractivity contribution in [1.82, 2.24) is 14.6 Å². The number of carbonyl (C=O) groups excluding carboxylic acids is 1. The number of halogens is 1. The summed E-state index contributed by atoms with van der Waals surface area (Å²) in [5.41, 5.74) is 2.19. The van der Waals surface area contributed by atoms with Gasteiger partial charge in [0.05, 0.1) is 24.8 Å². The number of rotatable bonds is 11. The molecular formula is C37H38ClN5O5P+. The Bertz CT molecular complexity index is 1870. The van der Waals surface area contributed by atoms with Crippen LogP contribution in [0.15, 0.2) is 138 Å². The third kappa shape index (κ3) is 7.45. The van der Waals surface area contributed by atoms with Crippen molar-refractivity contribution >= 4 is 29.8 Å². The third-order valence-corrected chi connectivity index (χ3v) is 11.2. The predicted molar refractivity (Wildman–Crippen MR) is 189 cm³/mol. The van der Waals surface area contributed by atoms with E-state index in [0.29, 0.717) is 12.1 Å². The van der Waals surface area contributed by atoms with Crippen molar-refractivity contribution in [2.24, 2.45) is 0 Å². The van der Waals surface area contributed by atoms with Crippen molar-refractivity contribution in [3.8, 4) is 0 Å². The van der Waals surface area contributed by atoms with Gasteiger partial charge >= 0.3 is 12.6 Å². The predicted octanol–water partition coefficient (Wildman–Crippen LogP) is 6.03. The molecule has 6 rings (SSSR count). The molecule has 1 aliphatic heterocycles. The van der Waals surface area contributed by atoms with Crippen LogP contribution in [0.25, 0.3) is 0 Å². The van der Waals surface area contributed by atoms with Crippen LogP contribution in [0, 0.1) is 0 Å². The monoisotopic (exact) mass is 698 g/mol. The molecule has 1 saturated heterocycles. The van der Waals surface area contributed by atoms with Crippen LogP contribution in [0.3, 0.4) is 0 Å². The van der Waals surface area contributed by atoms with Gasteiger partial charge in [-0.2, -0.15) is 14.3 Å². The van der Waals surface area contributed by atoms with Gasteiger partial charge < -0.3 is 9.26 Å². The van der Waals surface area contributed by atoms with Crippen molar-refractivity contribution in [2.75, 3.05) is 39.1 Å². The van der Waals surface area contributed by atoms with E-state index >= 15 is 0 Å². The average Bonchev–Trinajstić information content (AvgIpc) is 3.13. The Morgan fingerprint density at radius 2 is 1.41 bits per heavy atom. The number of aromatic nitrogens is 2. The number of morpholine rings is 1. The first kappa shape index (κ1) is 34.5. The van der Waals surface area contributed by atoms with Crippen LogP contribution in [-0.2, 0) is 19.4 Å². The standard InChI is InChI=1S/C37H37ClN5O5P/c1-41(2)49(38,46)47-27-32-25-42(26-34(48-32)43-24-23-33(40-36(43)45)39-35(44)28-15-7-3-8-16-28)37(29-17-9-4-10-18-29,30-19-11-5-12-20-30)31-21-13-6-14-22-31/h3-24,32,34H,25-27H2,1-2H3,(H,39,40,44,45)/p+1. The molecule has 1 fully saturated rings. The molecule has 10 nitrogen and oxygen atoms in total. The van der Waals surface area contributed by atoms with Crippen molar-refractivity contribution < 1.29 is 23.2 Å². The van der Waals surface area contributed by atoms with Gasteiger partial charge in [-0.25, -0.2) is 4.67 Å². The summed E-state index contributed by atoms with van der Waals surface area (Å²) in [6.45, 7) is -3.08. The quantitative estimate of drug-likeness (QED) is 0.0986. The van der Waals surface area contributed by atoms with E-state index in [1.807, 2.05) is 60.7 Å². The van der Waals surface area contributed by atoms with E-state index in [1.165, 1.54) is 9.24 Å². The first-order valence-corrected chi connectivity index (χ1v) is 18.4. The molecule has 1 amide bonds. The summed E-state index contributed by atoms with van der Waals surface area (Å²) in [4.78, 5) is 31.5. The van der Waals surface area contributed by atoms with E-state index in [4.69, 9.17) is 20.5 Å². The van der Waals surface area contributed by atoms with E-state index in [1.54, 1.807) is 50.6 Å². The largest absolute Gasteiger partial charge is 0.499 e. The van der Waals surface area contributed by atoms with Crippen LogP contribution in [0.4, 0.5) is 5.82 Å². The molecule has 3 unspecified atom stereocenters. The Labute approximate surface area is 290 Å². The second kappa shape index (κ2) is 15.0. The summed E-state index contributed by atoms with van der Waals surface area (Å²) in [6, 6.07) is 41.0. The van der Waals surface area contributed by atoms with Crippen molar-refractivity contribution in [3.05, 3.63) is 166 Å². The molecule has 5 aromatic rings. The highest BCUT2D eigenvalue weighted by atomic mass is 35.7. The lowest BCUT2D eigenvalue weighted by molar-refractivity contribution is -0.781. The molecule has 1 aliphatic rings. The van der Waals surface area contributed by atoms with Gasteiger partial charge in [-0.15, -0.1) is 0 Å². The Balaban J connectivity index is 1.43. The second-order valence-corrected chi connectivity index (χ2v) is 15.2. The number of benzene rings is 4. The molecule has 0 aliphatic carbocycles. The fraction of sp³-hybridized carbons (Fsp3) is 0.216. The number of nitrogens with zero attached hydrogens (tertiary/aromatic N) is 3. The molecule has 49 heavy (non-hydrogen) atoms. The number of hydrogen-bond acceptors (Lipinski definition) is 6. The maximum absolute atomic E-state index is 13.7. The van der Waals surface area contributed by atoms with Crippen LogP contribution >= 0.6 is 18.1 Å². The van der Waals surface area contributed by atoms with Gasteiger partial charge in [0.1, 0.15) is 6.20 Å². The molecule has 1 aromatic heterocycles. The fourth-order valence-electron chi connectivity index (χ4n) is 6.24. The molecule has 252 valence electrons. The van der Waals surface area contributed by atoms with E-state index in [2.05, 4.69) is 51.6 Å². The topological polar surface area (TPSA) is 108 Å². The zero-order valence-corrected chi connectivity index (χ0v) is 28.8. The van der Waals surface area contributed by atoms with E-state index in [0.717, 1.165) is 16.7 Å². The number of hydrogen-bond donors (Lipinski definition) is 2. The van der Waals surface area contributed by atoms with Gasteiger partial charge in [0.25, 0.3) is 5.91 Å². The summed E-state index contributed by atoms with van der Waals surface area (Å²) in [6.07, 6.45) is 0.132. The summed E-state index contributed by atoms with van der Waals surface area (Å²) in [5, 5.41) is 2.75. The number of amides is 1. The molecule has 4 aromatic carbocycles. The number of aromatic amines is 1. The van der Waals surface area contributed by atoms with E-state index < -0.39 is 30.4 Å². The highest BCUT2D eigenvalue weighted by Gasteiger charge is 2.48. The van der Waals surface area contributed by atoms with Crippen LogP contribution in [0.1, 0.15) is 33.3 Å². The van der Waals surface area contributed by atoms with Gasteiger partial charge in [-0.1, -0.05) is 109 Å². The molecular weight excluding hydrogens is 661 g/mol. The Kier molecular flexibility index (Phi) is 10.6. The lowest BCUT2D eigenvalue weighted by atomic mass is 9.75. The molecule has 0 saturated carbocycles. The smallest absolute Gasteiger partial charge is 0.331 e. The Hall–Kier alpha value is -4.41. The number of H-pyrrole nitrogens is 1. The maximum atomic E-state index is 13.7. The Morgan fingerprint density at radius 3 is 1.90 bits per heavy atom. The zero-order chi connectivity index (χ0) is 34.4. The van der Waals surface area contributed by atoms with Crippen molar-refractivity contribution in [3.63, 3.8) is 0 Å². The highest BCUT2D eigenvalue weighted by Crippen LogP contribution is 2.54. The van der Waals surface area contributed by atoms with Gasteiger partial charge in [0.2, 0.25) is 12.0 Å². The number of carbonyl (C=O) groups is 1. The maximum Gasteiger partial charge on any atom is 0.499 e. The van der Waals surface area contributed by atoms with Gasteiger partial charge in [-0.05, 0) is 54.2 Å². The molecule has 2 heterocycles. The fourth-order valence-corrected chi connectivity index (χ4v) is 6.99. The van der Waals surface area contributed by atoms with Crippen LogP contribution in [0.5, 0.6) is 0 Å². The molecule has 2 N–H and O–H groups in total. The molecule has 3 atom stereocenters. The van der Waals surface area contributed by atoms with Gasteiger partial charge in [-0.3, -0.25) is 19.6 Å². The van der Waals surface area contributed by atoms with E-state index in [9.17, 15) is 14.2 Å². The number of ether oxygens (including phenoxy) is 1. The molecule has 12 heteroatoms. The Morgan fingerprint density at radius 1 is 0.898 bits per heavy atom. The molecule has 0 spiro atoms. The SMILES string of the molecule is CN(C)P(=O)(Cl)OCC1CN(C(c2ccccc2)(c2ccccc2)c2ccccc2)CC([n+]2ccc(NC(=O)c3ccccc3)[nH]c2=O)O1. The van der Waals surface area contributed by atoms with E-state index in [-0.39, 0.29) is 24.9 Å². The summed E-state index contributed by atoms with van der Waals surface area (Å²) >= 11 is 6.28. The minimum atomic E-state index is -3.62. The lowest BCUT2D eigenvalue weighted by Gasteiger charge is -2.49. The van der Waals surface area contributed by atoms with Gasteiger partial charge in [0, 0.05) is 18.2 Å². The van der Waals surface area contributed by atoms with Gasteiger partial charge in [0.15, 0.2) is 0 Å². The van der Waals surface area contributed by atoms with Crippen LogP contribution in [-0.4, -0.2) is 60.4 Å². The number of anilines is 1. The van der Waals surface area contributed by atoms with Crippen LogP contribution < -0.4 is 15.6 Å². The minimum Gasteiger partial charge on any atom is -0.331 e. The zero-order valence-electron chi connectivity index (χ0n) is 27.2. The third-order valence-electron chi connectivity index (χ3n) is 8.57. The van der Waals surface area contributed by atoms with Crippen molar-refractivity contribution in [2.45, 2.75) is 17.9 Å². The minimum absolute atomic E-state index is 0.0932. The average molecular weight is 699 g/mol. The highest BCUT2D eigenvalue weighted by molar-refractivity contribution is 7.83. The summed E-state index contributed by atoms with van der Waals surface area (Å²) in [5.74, 6) is -0.111. The summed E-state index contributed by atoms with van der Waals surface area (Å²) in [7, 11) is 3.17. The second-order valence-electron chi connectivity index (χ2n) is 11.9. The first-order valence-electron chi connectivity index (χ1n) is 15.9. The summed E-state index contributed by atoms with van der Waals surface area (Å²) < 4.78 is 28.2. The lowest BCUT2D eigenvalue weighted by Crippen LogP contribution is -2.65. The van der Waals surface area contributed by atoms with Crippen molar-refractivity contribution in [1.29, 1.82) is 0 Å². The normalized spacial score (nSPS) is 18.1. The number of nitrogens with one attached hydrogen (secondary N) is 2. The first-order chi connectivity index (χ1) is 23.7.